The minimum Gasteiger partial charge on any atom is -0.414 e. The van der Waals surface area contributed by atoms with Gasteiger partial charge in [0, 0.05) is 4.47 Å². The van der Waals surface area contributed by atoms with Crippen LogP contribution < -0.4 is 9.24 Å². The van der Waals surface area contributed by atoms with Crippen LogP contribution in [0.25, 0.3) is 10.3 Å². The fourth-order valence-electron chi connectivity index (χ4n) is 2.96. The molecule has 6 nitrogen and oxygen atoms in total. The molecule has 152 valence electrons. The van der Waals surface area contributed by atoms with Gasteiger partial charge in [-0.3, -0.25) is 4.79 Å². The SMILES string of the molecule is O=C(Cc1ccccc1)N(c1ccc2oc(=O)sc2c1)S(=O)(=O)c1ccc(Br)cc1. The number of nitrogens with zero attached hydrogens (tertiary/aromatic N) is 1. The molecule has 0 saturated carbocycles. The summed E-state index contributed by atoms with van der Waals surface area (Å²) in [6.07, 6.45) is -0.101. The Hall–Kier alpha value is -2.75. The van der Waals surface area contributed by atoms with Crippen molar-refractivity contribution in [3.63, 3.8) is 0 Å². The van der Waals surface area contributed by atoms with E-state index in [-0.39, 0.29) is 17.0 Å². The lowest BCUT2D eigenvalue weighted by molar-refractivity contribution is -0.116. The van der Waals surface area contributed by atoms with Crippen molar-refractivity contribution in [2.24, 2.45) is 0 Å². The average molecular weight is 504 g/mol. The van der Waals surface area contributed by atoms with Crippen LogP contribution in [0.4, 0.5) is 5.69 Å². The van der Waals surface area contributed by atoms with Gasteiger partial charge in [-0.25, -0.2) is 17.5 Å². The van der Waals surface area contributed by atoms with E-state index in [4.69, 9.17) is 4.42 Å². The molecule has 9 heteroatoms. The smallest absolute Gasteiger partial charge is 0.396 e. The van der Waals surface area contributed by atoms with Gasteiger partial charge in [-0.05, 0) is 48.0 Å². The molecule has 4 aromatic rings. The molecule has 0 aliphatic heterocycles. The number of fused-ring (bicyclic) bond motifs is 1. The molecular formula is C21H14BrNO5S2. The molecule has 0 radical (unpaired) electrons. The van der Waals surface area contributed by atoms with E-state index < -0.39 is 20.9 Å². The fraction of sp³-hybridized carbons (Fsp3) is 0.0476. The summed E-state index contributed by atoms with van der Waals surface area (Å²) in [5, 5.41) is 0. The lowest BCUT2D eigenvalue weighted by Crippen LogP contribution is -2.38. The Morgan fingerprint density at radius 3 is 2.40 bits per heavy atom. The molecule has 0 unspecified atom stereocenters. The van der Waals surface area contributed by atoms with Gasteiger partial charge in [0.15, 0.2) is 0 Å². The topological polar surface area (TPSA) is 84.7 Å². The molecule has 0 bridgehead atoms. The van der Waals surface area contributed by atoms with Crippen LogP contribution in [0.3, 0.4) is 0 Å². The largest absolute Gasteiger partial charge is 0.414 e. The molecule has 0 N–H and O–H groups in total. The number of sulfonamides is 1. The Balaban J connectivity index is 1.83. The number of rotatable bonds is 5. The van der Waals surface area contributed by atoms with Gasteiger partial charge in [-0.15, -0.1) is 0 Å². The normalized spacial score (nSPS) is 11.5. The highest BCUT2D eigenvalue weighted by molar-refractivity contribution is 9.10. The van der Waals surface area contributed by atoms with Crippen LogP contribution in [0.1, 0.15) is 5.56 Å². The molecule has 3 aromatic carbocycles. The summed E-state index contributed by atoms with van der Waals surface area (Å²) in [6, 6.07) is 19.4. The van der Waals surface area contributed by atoms with Gasteiger partial charge in [0.25, 0.3) is 10.0 Å². The van der Waals surface area contributed by atoms with Gasteiger partial charge in [-0.2, -0.15) is 0 Å². The van der Waals surface area contributed by atoms with Gasteiger partial charge in [0.1, 0.15) is 5.58 Å². The predicted octanol–water partition coefficient (Wildman–Crippen LogP) is 4.58. The third-order valence-corrected chi connectivity index (χ3v) is 7.41. The number of benzene rings is 3. The number of carbonyl (C=O) groups is 1. The van der Waals surface area contributed by atoms with Gasteiger partial charge < -0.3 is 4.42 Å². The Kier molecular flexibility index (Phi) is 5.59. The van der Waals surface area contributed by atoms with Crippen molar-refractivity contribution in [2.45, 2.75) is 11.3 Å². The second-order valence-corrected chi connectivity index (χ2v) is 10.0. The number of anilines is 1. The van der Waals surface area contributed by atoms with E-state index in [2.05, 4.69) is 15.9 Å². The summed E-state index contributed by atoms with van der Waals surface area (Å²) >= 11 is 4.13. The first kappa shape index (κ1) is 20.5. The molecule has 4 rings (SSSR count). The van der Waals surface area contributed by atoms with Crippen molar-refractivity contribution in [3.8, 4) is 0 Å². The van der Waals surface area contributed by atoms with Gasteiger partial charge in [-0.1, -0.05) is 57.6 Å². The molecule has 0 aliphatic rings. The van der Waals surface area contributed by atoms with E-state index in [1.165, 1.54) is 30.3 Å². The third-order valence-electron chi connectivity index (χ3n) is 4.32. The molecule has 0 spiro atoms. The van der Waals surface area contributed by atoms with Crippen LogP contribution >= 0.6 is 27.3 Å². The summed E-state index contributed by atoms with van der Waals surface area (Å²) in [5.74, 6) is -0.612. The number of hydrogen-bond donors (Lipinski definition) is 0. The predicted molar refractivity (Wildman–Crippen MR) is 119 cm³/mol. The number of amides is 1. The van der Waals surface area contributed by atoms with E-state index in [0.717, 1.165) is 15.6 Å². The lowest BCUT2D eigenvalue weighted by atomic mass is 10.1. The minimum atomic E-state index is -4.19. The van der Waals surface area contributed by atoms with Gasteiger partial charge in [0.05, 0.1) is 21.7 Å². The highest BCUT2D eigenvalue weighted by Gasteiger charge is 2.31. The molecule has 1 heterocycles. The first-order valence-electron chi connectivity index (χ1n) is 8.76. The molecule has 1 aromatic heterocycles. The van der Waals surface area contributed by atoms with Crippen molar-refractivity contribution >= 4 is 59.2 Å². The summed E-state index contributed by atoms with van der Waals surface area (Å²) < 4.78 is 33.9. The Morgan fingerprint density at radius 2 is 1.70 bits per heavy atom. The van der Waals surface area contributed by atoms with Crippen molar-refractivity contribution in [2.75, 3.05) is 4.31 Å². The molecule has 0 saturated heterocycles. The molecule has 0 fully saturated rings. The number of carbonyl (C=O) groups excluding carboxylic acids is 1. The van der Waals surface area contributed by atoms with Crippen LogP contribution in [0.2, 0.25) is 0 Å². The second-order valence-electron chi connectivity index (χ2n) is 6.36. The van der Waals surface area contributed by atoms with Gasteiger partial charge in [0.2, 0.25) is 5.91 Å². The quantitative estimate of drug-likeness (QED) is 0.397. The van der Waals surface area contributed by atoms with Crippen LogP contribution in [0.5, 0.6) is 0 Å². The van der Waals surface area contributed by atoms with Crippen LogP contribution in [-0.2, 0) is 21.2 Å². The monoisotopic (exact) mass is 503 g/mol. The van der Waals surface area contributed by atoms with E-state index in [1.807, 2.05) is 6.07 Å². The summed E-state index contributed by atoms with van der Waals surface area (Å²) in [6.45, 7) is 0. The maximum absolute atomic E-state index is 13.4. The Morgan fingerprint density at radius 1 is 1.00 bits per heavy atom. The zero-order valence-corrected chi connectivity index (χ0v) is 18.5. The number of hydrogen-bond acceptors (Lipinski definition) is 6. The summed E-state index contributed by atoms with van der Waals surface area (Å²) in [7, 11) is -4.19. The average Bonchev–Trinajstić information content (AvgIpc) is 3.08. The van der Waals surface area contributed by atoms with Crippen LogP contribution in [0.15, 0.2) is 91.4 Å². The molecule has 1 amide bonds. The van der Waals surface area contributed by atoms with Crippen molar-refractivity contribution in [1.82, 2.24) is 0 Å². The van der Waals surface area contributed by atoms with E-state index in [9.17, 15) is 18.0 Å². The van der Waals surface area contributed by atoms with E-state index in [1.54, 1.807) is 36.4 Å². The van der Waals surface area contributed by atoms with Crippen LogP contribution in [-0.4, -0.2) is 14.3 Å². The number of halogens is 1. The van der Waals surface area contributed by atoms with Gasteiger partial charge >= 0.3 is 4.94 Å². The summed E-state index contributed by atoms with van der Waals surface area (Å²) in [5.41, 5.74) is 1.17. The summed E-state index contributed by atoms with van der Waals surface area (Å²) in [4.78, 5) is 24.2. The molecule has 30 heavy (non-hydrogen) atoms. The van der Waals surface area contributed by atoms with Crippen molar-refractivity contribution in [1.29, 1.82) is 0 Å². The third kappa shape index (κ3) is 4.09. The van der Waals surface area contributed by atoms with E-state index >= 15 is 0 Å². The van der Waals surface area contributed by atoms with Crippen molar-refractivity contribution < 1.29 is 17.6 Å². The lowest BCUT2D eigenvalue weighted by Gasteiger charge is -2.23. The fourth-order valence-corrected chi connectivity index (χ4v) is 5.34. The van der Waals surface area contributed by atoms with E-state index in [0.29, 0.717) is 20.3 Å². The molecular weight excluding hydrogens is 490 g/mol. The standard InChI is InChI=1S/C21H14BrNO5S2/c22-15-6-9-17(10-7-15)30(26,27)23(20(24)12-14-4-2-1-3-5-14)16-8-11-18-19(13-16)29-21(25)28-18/h1-11,13H,12H2. The maximum atomic E-state index is 13.4. The molecule has 0 atom stereocenters. The first-order valence-corrected chi connectivity index (χ1v) is 11.8. The highest BCUT2D eigenvalue weighted by Crippen LogP contribution is 2.30. The Bertz CT molecular complexity index is 1380. The highest BCUT2D eigenvalue weighted by atomic mass is 79.9. The molecule has 0 aliphatic carbocycles. The zero-order chi connectivity index (χ0) is 21.3. The van der Waals surface area contributed by atoms with Crippen LogP contribution in [0, 0.1) is 0 Å². The second kappa shape index (κ2) is 8.17. The zero-order valence-electron chi connectivity index (χ0n) is 15.3. The maximum Gasteiger partial charge on any atom is 0.396 e. The Labute approximate surface area is 184 Å². The minimum absolute atomic E-state index is 0.0208. The van der Waals surface area contributed by atoms with Crippen molar-refractivity contribution in [3.05, 3.63) is 92.6 Å². The first-order chi connectivity index (χ1) is 14.3.